The molecule has 2 heterocycles. The highest BCUT2D eigenvalue weighted by atomic mass is 16.4. The van der Waals surface area contributed by atoms with Crippen molar-refractivity contribution >= 4 is 75.0 Å². The molecule has 0 aliphatic rings. The Bertz CT molecular complexity index is 3290. The highest BCUT2D eigenvalue weighted by Gasteiger charge is 2.38. The van der Waals surface area contributed by atoms with Crippen molar-refractivity contribution in [3.05, 3.63) is 144 Å². The predicted octanol–water partition coefficient (Wildman–Crippen LogP) is 0.666. The van der Waals surface area contributed by atoms with Gasteiger partial charge in [0.05, 0.1) is 24.9 Å². The van der Waals surface area contributed by atoms with Gasteiger partial charge >= 0.3 is 5.97 Å². The van der Waals surface area contributed by atoms with Gasteiger partial charge in [-0.2, -0.15) is 0 Å². The maximum Gasteiger partial charge on any atom is 0.326 e. The van der Waals surface area contributed by atoms with Gasteiger partial charge in [-0.15, -0.1) is 0 Å². The van der Waals surface area contributed by atoms with E-state index in [0.717, 1.165) is 30.3 Å². The van der Waals surface area contributed by atoms with Crippen LogP contribution in [0.1, 0.15) is 70.2 Å². The zero-order valence-corrected chi connectivity index (χ0v) is 48.8. The van der Waals surface area contributed by atoms with Crippen molar-refractivity contribution in [2.45, 2.75) is 140 Å². The molecule has 4 aromatic carbocycles. The Hall–Kier alpha value is -8.97. The van der Waals surface area contributed by atoms with Crippen LogP contribution < -0.4 is 48.3 Å². The van der Waals surface area contributed by atoms with E-state index in [1.807, 2.05) is 86.6 Å². The number of aromatic nitrogens is 2. The molecular weight excluding hydrogens is 1110 g/mol. The van der Waals surface area contributed by atoms with Gasteiger partial charge in [0.15, 0.2) is 0 Å². The van der Waals surface area contributed by atoms with E-state index in [4.69, 9.17) is 5.73 Å². The first-order chi connectivity index (χ1) is 40.9. The first-order valence-corrected chi connectivity index (χ1v) is 28.5. The molecular formula is C62H79N11O13. The molecule has 0 spiro atoms. The number of carbonyl (C=O) groups is 9. The van der Waals surface area contributed by atoms with Crippen LogP contribution in [-0.2, 0) is 68.8 Å². The van der Waals surface area contributed by atoms with Crippen LogP contribution >= 0.6 is 0 Å². The van der Waals surface area contributed by atoms with E-state index in [2.05, 4.69) is 52.5 Å². The van der Waals surface area contributed by atoms with Crippen molar-refractivity contribution in [3.8, 4) is 0 Å². The highest BCUT2D eigenvalue weighted by Crippen LogP contribution is 2.22. The molecule has 6 rings (SSSR count). The average molecular weight is 1190 g/mol. The van der Waals surface area contributed by atoms with Crippen molar-refractivity contribution in [1.82, 2.24) is 52.5 Å². The summed E-state index contributed by atoms with van der Waals surface area (Å²) in [6.07, 6.45) is -0.0104. The lowest BCUT2D eigenvalue weighted by molar-refractivity contribution is -0.144. The number of aromatic amines is 2. The third kappa shape index (κ3) is 18.5. The fourth-order valence-electron chi connectivity index (χ4n) is 9.81. The van der Waals surface area contributed by atoms with Gasteiger partial charge in [-0.25, -0.2) is 4.79 Å². The summed E-state index contributed by atoms with van der Waals surface area (Å²) in [4.78, 5) is 132. The van der Waals surface area contributed by atoms with E-state index in [9.17, 15) is 54.0 Å². The summed E-state index contributed by atoms with van der Waals surface area (Å²) in [6, 6.07) is 18.8. The van der Waals surface area contributed by atoms with E-state index in [1.165, 1.54) is 13.8 Å². The Morgan fingerprint density at radius 1 is 0.430 bits per heavy atom. The van der Waals surface area contributed by atoms with Crippen LogP contribution in [-0.4, -0.2) is 157 Å². The molecule has 11 unspecified atom stereocenters. The molecule has 16 N–H and O–H groups in total. The van der Waals surface area contributed by atoms with Gasteiger partial charge in [0.25, 0.3) is 0 Å². The predicted molar refractivity (Wildman–Crippen MR) is 320 cm³/mol. The summed E-state index contributed by atoms with van der Waals surface area (Å²) in [7, 11) is 0. The molecule has 24 heteroatoms. The third-order valence-electron chi connectivity index (χ3n) is 14.5. The van der Waals surface area contributed by atoms with Crippen molar-refractivity contribution in [1.29, 1.82) is 0 Å². The van der Waals surface area contributed by atoms with Crippen LogP contribution in [0.15, 0.2) is 122 Å². The Kier molecular flexibility index (Phi) is 24.0. The summed E-state index contributed by atoms with van der Waals surface area (Å²) >= 11 is 0. The highest BCUT2D eigenvalue weighted by molar-refractivity contribution is 5.99. The number of nitrogens with two attached hydrogens (primary N) is 1. The molecule has 0 radical (unpaired) electrons. The fraction of sp³-hybridized carbons (Fsp3) is 0.403. The van der Waals surface area contributed by atoms with Crippen LogP contribution in [0.2, 0.25) is 0 Å². The van der Waals surface area contributed by atoms with Gasteiger partial charge in [-0.1, -0.05) is 125 Å². The van der Waals surface area contributed by atoms with Gasteiger partial charge in [0.1, 0.15) is 48.3 Å². The number of para-hydroxylation sites is 2. The number of hydrogen-bond acceptors (Lipinski definition) is 13. The first kappa shape index (κ1) is 66.2. The van der Waals surface area contributed by atoms with E-state index in [0.29, 0.717) is 27.6 Å². The van der Waals surface area contributed by atoms with Crippen molar-refractivity contribution in [3.63, 3.8) is 0 Å². The second-order valence-electron chi connectivity index (χ2n) is 22.3. The van der Waals surface area contributed by atoms with Gasteiger partial charge in [0, 0.05) is 53.5 Å². The van der Waals surface area contributed by atoms with Gasteiger partial charge in [-0.05, 0) is 72.9 Å². The fourth-order valence-corrected chi connectivity index (χ4v) is 9.81. The lowest BCUT2D eigenvalue weighted by Crippen LogP contribution is -2.63. The number of aliphatic hydroxyl groups excluding tert-OH is 3. The largest absolute Gasteiger partial charge is 0.480 e. The zero-order chi connectivity index (χ0) is 62.8. The van der Waals surface area contributed by atoms with Crippen LogP contribution in [0, 0.1) is 11.8 Å². The molecule has 0 saturated carbocycles. The molecule has 86 heavy (non-hydrogen) atoms. The molecule has 8 amide bonds. The standard InChI is InChI=1S/C62H79N11O13/c1-33(2)25-46(66-54(77)43(63)26-37-17-9-7-10-18-37)55(78)68-49(29-40-31-65-45-24-16-14-22-42(40)45)57(80)69-48(28-39-30-64-44-23-15-13-21-41(39)44)56(79)67-47(27-38-19-11-8-12-20-38)58(81)72-52(35(5)75)60(83)70-50(32-74)59(82)73-53(36(6)76)61(84)71-51(34(3)4)62(85)86/h7-24,30-31,33-36,43,46-53,64-65,74-76H,25-29,32,63H2,1-6H3,(H,66,77)(H,67,79)(H,68,78)(H,69,80)(H,70,83)(H,71,84)(H,72,81)(H,73,82)(H,85,86). The Morgan fingerprint density at radius 3 is 1.22 bits per heavy atom. The minimum absolute atomic E-state index is 0.0957. The Balaban J connectivity index is 1.28. The molecule has 0 bridgehead atoms. The molecule has 0 aliphatic carbocycles. The number of H-pyrrole nitrogens is 2. The number of carboxylic acids is 1. The lowest BCUT2D eigenvalue weighted by Gasteiger charge is -2.29. The van der Waals surface area contributed by atoms with Crippen LogP contribution in [0.4, 0.5) is 0 Å². The average Bonchev–Trinajstić information content (AvgIpc) is 3.96. The van der Waals surface area contributed by atoms with Crippen molar-refractivity contribution in [2.24, 2.45) is 17.6 Å². The van der Waals surface area contributed by atoms with E-state index in [-0.39, 0.29) is 38.0 Å². The number of hydrogen-bond donors (Lipinski definition) is 15. The third-order valence-corrected chi connectivity index (χ3v) is 14.5. The number of nitrogens with one attached hydrogen (secondary N) is 10. The molecule has 0 saturated heterocycles. The first-order valence-electron chi connectivity index (χ1n) is 28.5. The summed E-state index contributed by atoms with van der Waals surface area (Å²) in [5.41, 5.74) is 10.4. The number of fused-ring (bicyclic) bond motifs is 2. The number of carbonyl (C=O) groups excluding carboxylic acids is 8. The van der Waals surface area contributed by atoms with Crippen LogP contribution in [0.25, 0.3) is 21.8 Å². The topological polar surface area (TPSA) is 388 Å². The number of rotatable bonds is 31. The maximum atomic E-state index is 15.1. The molecule has 2 aromatic heterocycles. The van der Waals surface area contributed by atoms with Crippen LogP contribution in [0.3, 0.4) is 0 Å². The summed E-state index contributed by atoms with van der Waals surface area (Å²) in [5.74, 6) is -9.54. The number of carboxylic acid groups (broad SMARTS) is 1. The van der Waals surface area contributed by atoms with Gasteiger partial charge in [0.2, 0.25) is 47.3 Å². The Labute approximate surface area is 497 Å². The lowest BCUT2D eigenvalue weighted by atomic mass is 9.99. The summed E-state index contributed by atoms with van der Waals surface area (Å²) in [5, 5.41) is 63.2. The quantitative estimate of drug-likeness (QED) is 0.0285. The monoisotopic (exact) mass is 1190 g/mol. The second kappa shape index (κ2) is 31.3. The Morgan fingerprint density at radius 2 is 0.791 bits per heavy atom. The van der Waals surface area contributed by atoms with E-state index < -0.39 is 132 Å². The van der Waals surface area contributed by atoms with Gasteiger partial charge in [-0.3, -0.25) is 38.4 Å². The molecule has 24 nitrogen and oxygen atoms in total. The molecule has 11 atom stereocenters. The summed E-state index contributed by atoms with van der Waals surface area (Å²) < 4.78 is 0. The summed E-state index contributed by atoms with van der Waals surface area (Å²) in [6.45, 7) is 8.01. The number of benzene rings is 4. The smallest absolute Gasteiger partial charge is 0.326 e. The minimum atomic E-state index is -1.86. The number of aliphatic carboxylic acids is 1. The van der Waals surface area contributed by atoms with Crippen LogP contribution in [0.5, 0.6) is 0 Å². The zero-order valence-electron chi connectivity index (χ0n) is 48.8. The number of aliphatic hydroxyl groups is 3. The SMILES string of the molecule is CC(C)CC(NC(=O)C(N)Cc1ccccc1)C(=O)NC(Cc1c[nH]c2ccccc12)C(=O)NC(Cc1c[nH]c2ccccc12)C(=O)NC(Cc1ccccc1)C(=O)NC(C(=O)NC(CO)C(=O)NC(C(=O)NC(C(=O)O)C(C)C)C(C)O)C(C)O. The van der Waals surface area contributed by atoms with E-state index in [1.54, 1.807) is 48.8 Å². The molecule has 6 aromatic rings. The second-order valence-corrected chi connectivity index (χ2v) is 22.3. The van der Waals surface area contributed by atoms with Gasteiger partial charge < -0.3 is 78.7 Å². The molecule has 0 fully saturated rings. The van der Waals surface area contributed by atoms with E-state index >= 15 is 9.59 Å². The molecule has 0 aliphatic heterocycles. The minimum Gasteiger partial charge on any atom is -0.480 e. The van der Waals surface area contributed by atoms with Crippen molar-refractivity contribution < 1.29 is 63.6 Å². The normalized spacial score (nSPS) is 15.3. The molecule has 460 valence electrons. The maximum absolute atomic E-state index is 15.1. The number of amides is 8. The van der Waals surface area contributed by atoms with Crippen molar-refractivity contribution in [2.75, 3.05) is 6.61 Å².